The first-order chi connectivity index (χ1) is 12.2. The summed E-state index contributed by atoms with van der Waals surface area (Å²) in [5.41, 5.74) is 1.15. The smallest absolute Gasteiger partial charge is 0.220 e. The standard InChI is InChI=1S/C20H28N2O3/c1-4-22(5-2)19(16-8-6-9-18(14-16)24-3)15-21-20(23)12-11-17-10-7-13-25-17/h6-10,13-14,19H,4-5,11-12,15H2,1-3H3,(H,21,23). The number of hydrogen-bond acceptors (Lipinski definition) is 4. The lowest BCUT2D eigenvalue weighted by atomic mass is 10.0. The van der Waals surface area contributed by atoms with Gasteiger partial charge >= 0.3 is 0 Å². The van der Waals surface area contributed by atoms with Crippen LogP contribution >= 0.6 is 0 Å². The lowest BCUT2D eigenvalue weighted by Gasteiger charge is -2.30. The van der Waals surface area contributed by atoms with Crippen LogP contribution in [0.5, 0.6) is 5.75 Å². The highest BCUT2D eigenvalue weighted by atomic mass is 16.5. The molecule has 0 aliphatic heterocycles. The maximum Gasteiger partial charge on any atom is 0.220 e. The molecule has 1 aromatic heterocycles. The number of nitrogens with one attached hydrogen (secondary N) is 1. The Hall–Kier alpha value is -2.27. The van der Waals surface area contributed by atoms with Crippen LogP contribution in [0.25, 0.3) is 0 Å². The molecule has 1 atom stereocenters. The van der Waals surface area contributed by atoms with Crippen LogP contribution < -0.4 is 10.1 Å². The second-order valence-electron chi connectivity index (χ2n) is 5.90. The average Bonchev–Trinajstić information content (AvgIpc) is 3.17. The summed E-state index contributed by atoms with van der Waals surface area (Å²) in [4.78, 5) is 14.5. The van der Waals surface area contributed by atoms with E-state index in [2.05, 4.69) is 30.1 Å². The summed E-state index contributed by atoms with van der Waals surface area (Å²) in [6, 6.07) is 11.9. The van der Waals surface area contributed by atoms with Gasteiger partial charge in [0.2, 0.25) is 5.91 Å². The molecule has 0 fully saturated rings. The minimum absolute atomic E-state index is 0.0384. The molecular formula is C20H28N2O3. The van der Waals surface area contributed by atoms with Gasteiger partial charge in [0.25, 0.3) is 0 Å². The Kier molecular flexibility index (Phi) is 7.54. The van der Waals surface area contributed by atoms with Crippen LogP contribution in [0.4, 0.5) is 0 Å². The van der Waals surface area contributed by atoms with E-state index >= 15 is 0 Å². The van der Waals surface area contributed by atoms with Crippen LogP contribution in [0, 0.1) is 0 Å². The summed E-state index contributed by atoms with van der Waals surface area (Å²) in [6.45, 7) is 6.68. The third-order valence-electron chi connectivity index (χ3n) is 4.40. The Morgan fingerprint density at radius 3 is 2.68 bits per heavy atom. The number of furan rings is 1. The van der Waals surface area contributed by atoms with Gasteiger partial charge in [-0.1, -0.05) is 26.0 Å². The molecule has 2 rings (SSSR count). The Labute approximate surface area is 150 Å². The molecule has 2 aromatic rings. The van der Waals surface area contributed by atoms with Gasteiger partial charge < -0.3 is 14.5 Å². The van der Waals surface area contributed by atoms with Crippen molar-refractivity contribution in [3.63, 3.8) is 0 Å². The molecule has 1 amide bonds. The molecule has 1 unspecified atom stereocenters. The number of nitrogens with zero attached hydrogens (tertiary/aromatic N) is 1. The Morgan fingerprint density at radius 2 is 2.04 bits per heavy atom. The van der Waals surface area contributed by atoms with Crippen molar-refractivity contribution >= 4 is 5.91 Å². The molecule has 0 aliphatic carbocycles. The van der Waals surface area contributed by atoms with Gasteiger partial charge in [-0.25, -0.2) is 0 Å². The maximum absolute atomic E-state index is 12.2. The van der Waals surface area contributed by atoms with Crippen LogP contribution in [0.15, 0.2) is 47.1 Å². The van der Waals surface area contributed by atoms with E-state index in [4.69, 9.17) is 9.15 Å². The first-order valence-corrected chi connectivity index (χ1v) is 8.85. The van der Waals surface area contributed by atoms with Crippen molar-refractivity contribution in [3.05, 3.63) is 54.0 Å². The molecule has 0 saturated heterocycles. The summed E-state index contributed by atoms with van der Waals surface area (Å²) in [7, 11) is 1.67. The van der Waals surface area contributed by atoms with Crippen molar-refractivity contribution in [2.75, 3.05) is 26.7 Å². The fraction of sp³-hybridized carbons (Fsp3) is 0.450. The average molecular weight is 344 g/mol. The van der Waals surface area contributed by atoms with Crippen LogP contribution in [-0.4, -0.2) is 37.6 Å². The van der Waals surface area contributed by atoms with Gasteiger partial charge in [0, 0.05) is 19.4 Å². The van der Waals surface area contributed by atoms with E-state index < -0.39 is 0 Å². The Balaban J connectivity index is 1.99. The van der Waals surface area contributed by atoms with Crippen molar-refractivity contribution in [2.24, 2.45) is 0 Å². The fourth-order valence-electron chi connectivity index (χ4n) is 2.96. The fourth-order valence-corrected chi connectivity index (χ4v) is 2.96. The number of likely N-dealkylation sites (N-methyl/N-ethyl adjacent to an activating group) is 1. The van der Waals surface area contributed by atoms with Gasteiger partial charge in [0.1, 0.15) is 11.5 Å². The predicted molar refractivity (Wildman–Crippen MR) is 98.7 cm³/mol. The van der Waals surface area contributed by atoms with Crippen molar-refractivity contribution in [3.8, 4) is 5.75 Å². The van der Waals surface area contributed by atoms with Crippen LogP contribution in [0.1, 0.15) is 37.6 Å². The normalized spacial score (nSPS) is 12.2. The number of benzene rings is 1. The molecule has 1 N–H and O–H groups in total. The van der Waals surface area contributed by atoms with Crippen LogP contribution in [-0.2, 0) is 11.2 Å². The summed E-state index contributed by atoms with van der Waals surface area (Å²) >= 11 is 0. The largest absolute Gasteiger partial charge is 0.497 e. The van der Waals surface area contributed by atoms with Crippen LogP contribution in [0.3, 0.4) is 0 Å². The second-order valence-corrected chi connectivity index (χ2v) is 5.90. The molecule has 5 heteroatoms. The topological polar surface area (TPSA) is 54.7 Å². The molecule has 1 aromatic carbocycles. The summed E-state index contributed by atoms with van der Waals surface area (Å²) in [5.74, 6) is 1.71. The number of carbonyl (C=O) groups is 1. The zero-order valence-corrected chi connectivity index (χ0v) is 15.3. The van der Waals surface area contributed by atoms with Crippen molar-refractivity contribution in [2.45, 2.75) is 32.7 Å². The first kappa shape index (κ1) is 19.1. The summed E-state index contributed by atoms with van der Waals surface area (Å²) in [6.07, 6.45) is 2.68. The molecule has 1 heterocycles. The Morgan fingerprint density at radius 1 is 1.24 bits per heavy atom. The summed E-state index contributed by atoms with van der Waals surface area (Å²) in [5, 5.41) is 3.07. The molecule has 25 heavy (non-hydrogen) atoms. The highest BCUT2D eigenvalue weighted by Gasteiger charge is 2.19. The monoisotopic (exact) mass is 344 g/mol. The van der Waals surface area contributed by atoms with Gasteiger partial charge in [0.15, 0.2) is 0 Å². The van der Waals surface area contributed by atoms with E-state index in [0.717, 1.165) is 30.2 Å². The van der Waals surface area contributed by atoms with E-state index in [1.54, 1.807) is 13.4 Å². The van der Waals surface area contributed by atoms with Gasteiger partial charge in [0.05, 0.1) is 19.4 Å². The van der Waals surface area contributed by atoms with Gasteiger partial charge in [-0.3, -0.25) is 9.69 Å². The van der Waals surface area contributed by atoms with E-state index in [9.17, 15) is 4.79 Å². The van der Waals surface area contributed by atoms with Crippen molar-refractivity contribution < 1.29 is 13.9 Å². The van der Waals surface area contributed by atoms with E-state index in [0.29, 0.717) is 19.4 Å². The molecule has 136 valence electrons. The number of amides is 1. The zero-order valence-electron chi connectivity index (χ0n) is 15.3. The predicted octanol–water partition coefficient (Wildman–Crippen LogP) is 3.42. The van der Waals surface area contributed by atoms with Gasteiger partial charge in [-0.2, -0.15) is 0 Å². The van der Waals surface area contributed by atoms with Crippen LogP contribution in [0.2, 0.25) is 0 Å². The van der Waals surface area contributed by atoms with Crippen molar-refractivity contribution in [1.82, 2.24) is 10.2 Å². The first-order valence-electron chi connectivity index (χ1n) is 8.85. The minimum Gasteiger partial charge on any atom is -0.497 e. The third-order valence-corrected chi connectivity index (χ3v) is 4.40. The lowest BCUT2D eigenvalue weighted by Crippen LogP contribution is -2.38. The number of ether oxygens (including phenoxy) is 1. The van der Waals surface area contributed by atoms with E-state index in [-0.39, 0.29) is 11.9 Å². The lowest BCUT2D eigenvalue weighted by molar-refractivity contribution is -0.121. The number of hydrogen-bond donors (Lipinski definition) is 1. The second kappa shape index (κ2) is 9.89. The van der Waals surface area contributed by atoms with Gasteiger partial charge in [-0.15, -0.1) is 0 Å². The number of methoxy groups -OCH3 is 1. The SMILES string of the molecule is CCN(CC)C(CNC(=O)CCc1ccco1)c1cccc(OC)c1. The van der Waals surface area contributed by atoms with E-state index in [1.165, 1.54) is 0 Å². The molecule has 5 nitrogen and oxygen atoms in total. The number of aryl methyl sites for hydroxylation is 1. The molecule has 0 aliphatic rings. The van der Waals surface area contributed by atoms with E-state index in [1.807, 2.05) is 30.3 Å². The molecular weight excluding hydrogens is 316 g/mol. The number of carbonyl (C=O) groups excluding carboxylic acids is 1. The minimum atomic E-state index is 0.0384. The maximum atomic E-state index is 12.2. The molecule has 0 spiro atoms. The van der Waals surface area contributed by atoms with Crippen molar-refractivity contribution in [1.29, 1.82) is 0 Å². The molecule has 0 bridgehead atoms. The third kappa shape index (κ3) is 5.64. The molecule has 0 saturated carbocycles. The quantitative estimate of drug-likeness (QED) is 0.717. The Bertz CT molecular complexity index is 636. The van der Waals surface area contributed by atoms with Gasteiger partial charge in [-0.05, 0) is 42.9 Å². The molecule has 0 radical (unpaired) electrons. The highest BCUT2D eigenvalue weighted by molar-refractivity contribution is 5.76. The zero-order chi connectivity index (χ0) is 18.1. The highest BCUT2D eigenvalue weighted by Crippen LogP contribution is 2.23. The summed E-state index contributed by atoms with van der Waals surface area (Å²) < 4.78 is 10.6. The number of rotatable bonds is 10.